The number of hydrogen-bond donors (Lipinski definition) is 1. The molecule has 0 fully saturated rings. The highest BCUT2D eigenvalue weighted by Crippen LogP contribution is 2.41. The monoisotopic (exact) mass is 380 g/mol. The summed E-state index contributed by atoms with van der Waals surface area (Å²) in [5, 5.41) is 16.3. The van der Waals surface area contributed by atoms with Gasteiger partial charge in [-0.3, -0.25) is 9.80 Å². The number of hydrogen-bond acceptors (Lipinski definition) is 6. The molecular weight excluding hydrogens is 352 g/mol. The van der Waals surface area contributed by atoms with Gasteiger partial charge >= 0.3 is 0 Å². The van der Waals surface area contributed by atoms with Gasteiger partial charge in [-0.25, -0.2) is 5.43 Å². The number of nitriles is 1. The number of anilines is 2. The van der Waals surface area contributed by atoms with Crippen molar-refractivity contribution in [2.45, 2.75) is 46.2 Å². The molecule has 0 aliphatic carbocycles. The molecule has 1 N–H and O–H groups in total. The summed E-state index contributed by atoms with van der Waals surface area (Å²) in [6, 6.07) is 12.2. The summed E-state index contributed by atoms with van der Waals surface area (Å²) in [6.07, 6.45) is 0.596. The molecule has 1 aliphatic heterocycles. The number of rotatable bonds is 4. The molecular formula is C21H28N6O. The second kappa shape index (κ2) is 6.95. The molecule has 0 saturated carbocycles. The van der Waals surface area contributed by atoms with E-state index < -0.39 is 5.54 Å². The van der Waals surface area contributed by atoms with Crippen LogP contribution in [0, 0.1) is 16.7 Å². The van der Waals surface area contributed by atoms with E-state index in [1.807, 2.05) is 56.4 Å². The molecule has 28 heavy (non-hydrogen) atoms. The number of nitrogens with zero attached hydrogens (tertiary/aromatic N) is 5. The van der Waals surface area contributed by atoms with Crippen molar-refractivity contribution in [1.82, 2.24) is 15.2 Å². The molecule has 7 nitrogen and oxygen atoms in total. The molecule has 7 heteroatoms. The topological polar surface area (TPSA) is 77.2 Å². The lowest BCUT2D eigenvalue weighted by Crippen LogP contribution is -2.70. The lowest BCUT2D eigenvalue weighted by molar-refractivity contribution is 0.0471. The largest absolute Gasteiger partial charge is 0.360 e. The average Bonchev–Trinajstić information content (AvgIpc) is 3.04. The number of nitrogens with one attached hydrogen (secondary N) is 1. The van der Waals surface area contributed by atoms with Crippen LogP contribution in [0.1, 0.15) is 50.0 Å². The molecule has 0 saturated heterocycles. The van der Waals surface area contributed by atoms with E-state index in [0.717, 1.165) is 5.56 Å². The molecule has 0 radical (unpaired) electrons. The first kappa shape index (κ1) is 19.9. The fourth-order valence-corrected chi connectivity index (χ4v) is 3.84. The minimum Gasteiger partial charge on any atom is -0.360 e. The second-order valence-electron chi connectivity index (χ2n) is 8.44. The molecule has 148 valence electrons. The Bertz CT molecular complexity index is 919. The first-order valence-electron chi connectivity index (χ1n) is 9.50. The van der Waals surface area contributed by atoms with Crippen molar-refractivity contribution in [1.29, 1.82) is 5.26 Å². The van der Waals surface area contributed by atoms with Crippen LogP contribution in [-0.4, -0.2) is 35.3 Å². The zero-order chi connectivity index (χ0) is 20.7. The third kappa shape index (κ3) is 2.94. The van der Waals surface area contributed by atoms with Crippen LogP contribution in [0.15, 0.2) is 30.3 Å². The maximum atomic E-state index is 13.6. The first-order valence-corrected chi connectivity index (χ1v) is 9.50. The fourth-order valence-electron chi connectivity index (χ4n) is 3.84. The van der Waals surface area contributed by atoms with E-state index in [1.165, 1.54) is 4.68 Å². The minimum absolute atomic E-state index is 0.133. The van der Waals surface area contributed by atoms with Gasteiger partial charge in [-0.15, -0.1) is 5.10 Å². The Morgan fingerprint density at radius 3 is 2.39 bits per heavy atom. The van der Waals surface area contributed by atoms with Gasteiger partial charge in [0.2, 0.25) is 0 Å². The first-order chi connectivity index (χ1) is 13.2. The van der Waals surface area contributed by atoms with Gasteiger partial charge in [0.05, 0.1) is 6.54 Å². The molecule has 2 heterocycles. The summed E-state index contributed by atoms with van der Waals surface area (Å²) < 4.78 is 1.42. The molecule has 1 atom stereocenters. The summed E-state index contributed by atoms with van der Waals surface area (Å²) in [5.74, 6) is 0.853. The SMILES string of the molecule is CCC1(C(C)(C)C)NN(Cc2ccccc2)c2c(C#N)c(N(C)C)nn2C1=O. The molecule has 0 bridgehead atoms. The van der Waals surface area contributed by atoms with E-state index in [0.29, 0.717) is 30.2 Å². The van der Waals surface area contributed by atoms with Crippen LogP contribution in [0.2, 0.25) is 0 Å². The van der Waals surface area contributed by atoms with Crippen molar-refractivity contribution in [2.24, 2.45) is 5.41 Å². The molecule has 2 aromatic rings. The molecule has 0 spiro atoms. The number of aromatic nitrogens is 2. The van der Waals surface area contributed by atoms with Gasteiger partial charge in [-0.2, -0.15) is 9.94 Å². The third-order valence-electron chi connectivity index (χ3n) is 5.51. The normalized spacial score (nSPS) is 19.3. The molecule has 1 aromatic heterocycles. The zero-order valence-corrected chi connectivity index (χ0v) is 17.4. The smallest absolute Gasteiger partial charge is 0.271 e. The number of carbonyl (C=O) groups is 1. The lowest BCUT2D eigenvalue weighted by atomic mass is 9.71. The van der Waals surface area contributed by atoms with Crippen LogP contribution in [0.4, 0.5) is 11.6 Å². The summed E-state index contributed by atoms with van der Waals surface area (Å²) in [6.45, 7) is 8.67. The van der Waals surface area contributed by atoms with Crippen LogP contribution in [-0.2, 0) is 6.54 Å². The highest BCUT2D eigenvalue weighted by molar-refractivity contribution is 5.95. The van der Waals surface area contributed by atoms with Crippen molar-refractivity contribution in [2.75, 3.05) is 24.0 Å². The van der Waals surface area contributed by atoms with Crippen LogP contribution < -0.4 is 15.3 Å². The third-order valence-corrected chi connectivity index (χ3v) is 5.51. The number of carbonyl (C=O) groups excluding carboxylic acids is 1. The van der Waals surface area contributed by atoms with Gasteiger partial charge in [-0.1, -0.05) is 58.0 Å². The Balaban J connectivity index is 2.23. The molecule has 1 aromatic carbocycles. The molecule has 1 aliphatic rings. The summed E-state index contributed by atoms with van der Waals surface area (Å²) >= 11 is 0. The van der Waals surface area contributed by atoms with Gasteiger partial charge in [0, 0.05) is 14.1 Å². The number of fused-ring (bicyclic) bond motifs is 1. The van der Waals surface area contributed by atoms with E-state index in [-0.39, 0.29) is 11.3 Å². The van der Waals surface area contributed by atoms with Gasteiger partial charge in [-0.05, 0) is 17.4 Å². The van der Waals surface area contributed by atoms with E-state index in [2.05, 4.69) is 37.4 Å². The Kier molecular flexibility index (Phi) is 4.94. The highest BCUT2D eigenvalue weighted by atomic mass is 16.2. The lowest BCUT2D eigenvalue weighted by Gasteiger charge is -2.49. The van der Waals surface area contributed by atoms with E-state index >= 15 is 0 Å². The molecule has 3 rings (SSSR count). The van der Waals surface area contributed by atoms with Crippen molar-refractivity contribution in [3.8, 4) is 6.07 Å². The Labute approximate surface area is 166 Å². The zero-order valence-electron chi connectivity index (χ0n) is 17.4. The van der Waals surface area contributed by atoms with Crippen molar-refractivity contribution in [3.63, 3.8) is 0 Å². The fraction of sp³-hybridized carbons (Fsp3) is 0.476. The predicted octanol–water partition coefficient (Wildman–Crippen LogP) is 3.18. The van der Waals surface area contributed by atoms with Crippen LogP contribution in [0.5, 0.6) is 0 Å². The second-order valence-corrected chi connectivity index (χ2v) is 8.44. The molecule has 0 amide bonds. The van der Waals surface area contributed by atoms with Crippen LogP contribution in [0.3, 0.4) is 0 Å². The summed E-state index contributed by atoms with van der Waals surface area (Å²) in [5.41, 5.74) is 3.76. The maximum Gasteiger partial charge on any atom is 0.271 e. The maximum absolute atomic E-state index is 13.6. The van der Waals surface area contributed by atoms with Crippen molar-refractivity contribution in [3.05, 3.63) is 41.5 Å². The van der Waals surface area contributed by atoms with Crippen molar-refractivity contribution < 1.29 is 4.79 Å². The van der Waals surface area contributed by atoms with Crippen LogP contribution in [0.25, 0.3) is 0 Å². The Morgan fingerprint density at radius 2 is 1.89 bits per heavy atom. The van der Waals surface area contributed by atoms with Gasteiger partial charge in [0.25, 0.3) is 5.91 Å². The Morgan fingerprint density at radius 1 is 1.25 bits per heavy atom. The number of benzene rings is 1. The summed E-state index contributed by atoms with van der Waals surface area (Å²) in [7, 11) is 3.65. The van der Waals surface area contributed by atoms with Crippen LogP contribution >= 0.6 is 0 Å². The highest BCUT2D eigenvalue weighted by Gasteiger charge is 2.53. The van der Waals surface area contributed by atoms with E-state index in [9.17, 15) is 10.1 Å². The number of hydrazine groups is 1. The quantitative estimate of drug-likeness (QED) is 0.878. The molecule has 1 unspecified atom stereocenters. The van der Waals surface area contributed by atoms with E-state index in [4.69, 9.17) is 0 Å². The average molecular weight is 380 g/mol. The van der Waals surface area contributed by atoms with Crippen molar-refractivity contribution >= 4 is 17.5 Å². The van der Waals surface area contributed by atoms with Gasteiger partial charge < -0.3 is 4.90 Å². The minimum atomic E-state index is -0.836. The van der Waals surface area contributed by atoms with E-state index in [1.54, 1.807) is 4.90 Å². The van der Waals surface area contributed by atoms with Gasteiger partial charge in [0.1, 0.15) is 17.2 Å². The summed E-state index contributed by atoms with van der Waals surface area (Å²) in [4.78, 5) is 15.4. The standard InChI is InChI=1S/C21H28N6O/c1-7-21(20(2,3)4)19(28)27-18(16(13-22)17(23-27)25(5)6)26(24-21)14-15-11-9-8-10-12-15/h8-12,24H,7,14H2,1-6H3. The Hall–Kier alpha value is -2.85. The van der Waals surface area contributed by atoms with Gasteiger partial charge in [0.15, 0.2) is 11.6 Å². The predicted molar refractivity (Wildman–Crippen MR) is 110 cm³/mol.